The van der Waals surface area contributed by atoms with Crippen LogP contribution in [0.1, 0.15) is 55.4 Å². The van der Waals surface area contributed by atoms with Crippen LogP contribution in [0, 0.1) is 0 Å². The zero-order valence-electron chi connectivity index (χ0n) is 77.7. The minimum atomic E-state index is -3.17. The van der Waals surface area contributed by atoms with Crippen molar-refractivity contribution in [1.82, 2.24) is 0 Å². The second kappa shape index (κ2) is 60.2. The molecular weight excluding hydrogens is 1920 g/mol. The van der Waals surface area contributed by atoms with Crippen molar-refractivity contribution in [3.8, 4) is 46.0 Å². The Morgan fingerprint density at radius 1 is 0.191 bits per heavy atom. The number of methoxy groups -OCH3 is 8. The van der Waals surface area contributed by atoms with E-state index in [2.05, 4.69) is 91.9 Å². The number of benzene rings is 8. The molecule has 0 saturated heterocycles. The molecule has 0 saturated carbocycles. The van der Waals surface area contributed by atoms with Crippen LogP contribution in [-0.2, 0) is 52.4 Å². The van der Waals surface area contributed by atoms with Gasteiger partial charge in [0, 0.05) is 48.5 Å². The number of aryl methyl sites for hydroxylation is 8. The Hall–Kier alpha value is -10.6. The molecular formula is C96H104B4Cl8F4N8O16. The first-order chi connectivity index (χ1) is 65.0. The first-order valence-electron chi connectivity index (χ1n) is 42.1. The molecule has 8 aromatic carbocycles. The summed E-state index contributed by atoms with van der Waals surface area (Å²) in [4.78, 5) is 0. The molecule has 24 nitrogen and oxygen atoms in total. The number of aromatic nitrogens is 8. The SMILES string of the molecule is CC[n+]1ccc(Cl)c2ccc(OC)cc21.CC[n+]1ccc(Cl)c2ccc(OC)cc21.CC[n+]1ccc(Cl)c2ccc(OC)cc21.CC[n+]1ccc(Cl)c2ccc(OC)cc21.CC[n+]1ccc(Cl)c2ccc(OC)cc21.CC[n+]1ccc(Cl)c2ccc(OC)cc21.CC[n+]1ccc(Cl)c2ccc(OC)cc21.CC[n+]1ccc(Cl)c2ccc(OC)cc21.[O-]B([O-])F.[O-]B([O-])F.[O-]B([O-])F.[O-]B([O-])F. The van der Waals surface area contributed by atoms with Crippen molar-refractivity contribution < 1.29 is 132 Å². The van der Waals surface area contributed by atoms with E-state index in [0.717, 1.165) is 226 Å². The molecule has 136 heavy (non-hydrogen) atoms. The van der Waals surface area contributed by atoms with Crippen molar-refractivity contribution in [3.05, 3.63) is 284 Å². The van der Waals surface area contributed by atoms with Crippen molar-refractivity contribution in [2.45, 2.75) is 108 Å². The minimum absolute atomic E-state index is 0.775. The van der Waals surface area contributed by atoms with E-state index in [1.54, 1.807) is 56.9 Å². The van der Waals surface area contributed by atoms with Gasteiger partial charge in [-0.3, -0.25) is 0 Å². The van der Waals surface area contributed by atoms with E-state index in [9.17, 15) is 17.3 Å². The lowest BCUT2D eigenvalue weighted by atomic mass is 10.2. The highest BCUT2D eigenvalue weighted by Crippen LogP contribution is 2.32. The highest BCUT2D eigenvalue weighted by atomic mass is 35.5. The van der Waals surface area contributed by atoms with Crippen LogP contribution in [0.25, 0.3) is 87.2 Å². The molecule has 0 radical (unpaired) electrons. The number of nitrogens with zero attached hydrogens (tertiary/aromatic N) is 8. The Labute approximate surface area is 830 Å². The van der Waals surface area contributed by atoms with Crippen LogP contribution in [0.2, 0.25) is 40.2 Å². The smallest absolute Gasteiger partial charge is 0.217 e. The first-order valence-corrected chi connectivity index (χ1v) is 45.1. The van der Waals surface area contributed by atoms with Gasteiger partial charge in [-0.2, -0.15) is 36.5 Å². The average molecular weight is 2030 g/mol. The molecule has 0 N–H and O–H groups in total. The number of hydrogen-bond donors (Lipinski definition) is 0. The molecule has 720 valence electrons. The lowest BCUT2D eigenvalue weighted by Crippen LogP contribution is -2.39. The Morgan fingerprint density at radius 3 is 0.353 bits per heavy atom. The van der Waals surface area contributed by atoms with Crippen LogP contribution in [0.15, 0.2) is 244 Å². The summed E-state index contributed by atoms with van der Waals surface area (Å²) in [5.74, 6) is 6.83. The van der Waals surface area contributed by atoms with Crippen molar-refractivity contribution in [3.63, 3.8) is 0 Å². The summed E-state index contributed by atoms with van der Waals surface area (Å²) in [6.07, 6.45) is 15.9. The Balaban J connectivity index is 0.000000268. The van der Waals surface area contributed by atoms with E-state index in [-0.39, 0.29) is 0 Å². The molecule has 0 fully saturated rings. The first kappa shape index (κ1) is 116. The van der Waals surface area contributed by atoms with E-state index in [1.165, 1.54) is 0 Å². The summed E-state index contributed by atoms with van der Waals surface area (Å²) in [6, 6.07) is 62.7. The van der Waals surface area contributed by atoms with Gasteiger partial charge in [0.2, 0.25) is 44.1 Å². The van der Waals surface area contributed by atoms with Crippen molar-refractivity contribution in [2.24, 2.45) is 0 Å². The van der Waals surface area contributed by atoms with Gasteiger partial charge in [0.25, 0.3) is 0 Å². The minimum Gasteiger partial charge on any atom is -0.867 e. The molecule has 0 aliphatic heterocycles. The molecule has 0 unspecified atom stereocenters. The van der Waals surface area contributed by atoms with E-state index < -0.39 is 29.6 Å². The number of halogens is 12. The summed E-state index contributed by atoms with van der Waals surface area (Å²) in [7, 11) is 0.683. The lowest BCUT2D eigenvalue weighted by molar-refractivity contribution is -0.668. The largest absolute Gasteiger partial charge is 0.867 e. The predicted octanol–water partition coefficient (Wildman–Crippen LogP) is 13.1. The molecule has 0 bridgehead atoms. The monoisotopic (exact) mass is 2020 g/mol. The predicted molar refractivity (Wildman–Crippen MR) is 518 cm³/mol. The zero-order valence-corrected chi connectivity index (χ0v) is 83.8. The summed E-state index contributed by atoms with van der Waals surface area (Å²) in [6.45, 7) is 24.2. The summed E-state index contributed by atoms with van der Waals surface area (Å²) in [5.41, 5.74) is 8.81. The fourth-order valence-corrected chi connectivity index (χ4v) is 15.2. The van der Waals surface area contributed by atoms with Crippen molar-refractivity contribution >= 4 is 210 Å². The van der Waals surface area contributed by atoms with E-state index in [4.69, 9.17) is 171 Å². The Kier molecular flexibility index (Phi) is 51.3. The van der Waals surface area contributed by atoms with Gasteiger partial charge in [0.05, 0.1) is 189 Å². The molecule has 0 spiro atoms. The third kappa shape index (κ3) is 35.1. The second-order valence-electron chi connectivity index (χ2n) is 27.8. The Morgan fingerprint density at radius 2 is 0.279 bits per heavy atom. The summed E-state index contributed by atoms with van der Waals surface area (Å²) < 4.78 is 98.3. The van der Waals surface area contributed by atoms with Gasteiger partial charge < -0.3 is 95.3 Å². The third-order valence-corrected chi connectivity index (χ3v) is 22.7. The fourth-order valence-electron chi connectivity index (χ4n) is 13.4. The molecule has 0 amide bonds. The van der Waals surface area contributed by atoms with Crippen LogP contribution in [0.5, 0.6) is 46.0 Å². The van der Waals surface area contributed by atoms with E-state index in [0.29, 0.717) is 0 Å². The number of pyridine rings is 8. The molecule has 8 heterocycles. The van der Waals surface area contributed by atoms with Gasteiger partial charge in [-0.15, -0.1) is 0 Å². The maximum absolute atomic E-state index is 9.89. The van der Waals surface area contributed by atoms with Gasteiger partial charge in [-0.05, 0) is 152 Å². The average Bonchev–Trinajstić information content (AvgIpc) is 0.850. The zero-order chi connectivity index (χ0) is 101. The highest BCUT2D eigenvalue weighted by molar-refractivity contribution is 6.38. The fraction of sp³-hybridized carbons (Fsp3) is 0.250. The quantitative estimate of drug-likeness (QED) is 0.0493. The number of fused-ring (bicyclic) bond motifs is 8. The third-order valence-electron chi connectivity index (χ3n) is 20.1. The molecule has 40 heteroatoms. The van der Waals surface area contributed by atoms with Crippen LogP contribution >= 0.6 is 92.8 Å². The van der Waals surface area contributed by atoms with Crippen LogP contribution in [0.4, 0.5) is 17.3 Å². The molecule has 8 aromatic heterocycles. The highest BCUT2D eigenvalue weighted by Gasteiger charge is 2.20. The van der Waals surface area contributed by atoms with Gasteiger partial charge in [-0.1, -0.05) is 92.8 Å². The normalized spacial score (nSPS) is 10.1. The maximum Gasteiger partial charge on any atom is 0.217 e. The number of rotatable bonds is 16. The summed E-state index contributed by atoms with van der Waals surface area (Å²) in [5, 5.41) is 81.1. The van der Waals surface area contributed by atoms with E-state index in [1.807, 2.05) is 244 Å². The van der Waals surface area contributed by atoms with Crippen molar-refractivity contribution in [1.29, 1.82) is 0 Å². The van der Waals surface area contributed by atoms with Gasteiger partial charge in [0.15, 0.2) is 49.6 Å². The number of hydrogen-bond acceptors (Lipinski definition) is 16. The summed E-state index contributed by atoms with van der Waals surface area (Å²) >= 11 is 49.0. The number of ether oxygens (including phenoxy) is 8. The lowest BCUT2D eigenvalue weighted by Gasteiger charge is -2.09. The van der Waals surface area contributed by atoms with Crippen LogP contribution in [0.3, 0.4) is 0 Å². The van der Waals surface area contributed by atoms with Crippen LogP contribution < -0.4 is 115 Å². The second-order valence-corrected chi connectivity index (χ2v) is 31.0. The molecule has 16 aromatic rings. The molecule has 0 atom stereocenters. The van der Waals surface area contributed by atoms with Crippen LogP contribution in [-0.4, -0.2) is 86.5 Å². The topological polar surface area (TPSA) is 289 Å². The Bertz CT molecular complexity index is 5360. The van der Waals surface area contributed by atoms with E-state index >= 15 is 0 Å². The molecule has 0 aliphatic carbocycles. The maximum atomic E-state index is 9.89. The molecule has 16 rings (SSSR count). The standard InChI is InChI=1S/8C12H13ClNO.4BFO2/c8*1-3-14-7-6-11(13)10-5-4-9(15-2)8-12(10)14;4*2-1(3)4/h8*4-8H,3H2,1-2H3;;;;/q8*+1;4*-2. The molecule has 0 aliphatic rings. The van der Waals surface area contributed by atoms with Gasteiger partial charge in [-0.25, -0.2) is 0 Å². The van der Waals surface area contributed by atoms with Crippen molar-refractivity contribution in [2.75, 3.05) is 56.9 Å². The van der Waals surface area contributed by atoms with Gasteiger partial charge in [0.1, 0.15) is 128 Å². The van der Waals surface area contributed by atoms with Gasteiger partial charge >= 0.3 is 0 Å².